The second kappa shape index (κ2) is 4.40. The molecule has 18 heavy (non-hydrogen) atoms. The van der Waals surface area contributed by atoms with Gasteiger partial charge in [-0.3, -0.25) is 5.43 Å². The van der Waals surface area contributed by atoms with E-state index in [0.717, 1.165) is 10.8 Å². The largest absolute Gasteiger partial charge is 0.300 e. The van der Waals surface area contributed by atoms with E-state index in [2.05, 4.69) is 52.9 Å². The van der Waals surface area contributed by atoms with E-state index < -0.39 is 0 Å². The predicted molar refractivity (Wildman–Crippen MR) is 77.6 cm³/mol. The number of nitrogens with one attached hydrogen (secondary N) is 1. The molecule has 0 saturated heterocycles. The van der Waals surface area contributed by atoms with Gasteiger partial charge in [0.15, 0.2) is 5.13 Å². The summed E-state index contributed by atoms with van der Waals surface area (Å²) in [6.45, 7) is 2.01. The van der Waals surface area contributed by atoms with Gasteiger partial charge in [-0.05, 0) is 17.7 Å². The predicted octanol–water partition coefficient (Wildman–Crippen LogP) is 3.56. The molecular formula is C14H13N3S. The Morgan fingerprint density at radius 2 is 1.89 bits per heavy atom. The zero-order chi connectivity index (χ0) is 12.5. The fourth-order valence-corrected chi connectivity index (χ4v) is 3.05. The molecule has 1 heterocycles. The second-order valence-electron chi connectivity index (χ2n) is 4.10. The molecule has 4 heteroatoms. The Bertz CT molecular complexity index is 698. The van der Waals surface area contributed by atoms with Crippen LogP contribution in [0.5, 0.6) is 0 Å². The number of hydrazine groups is 1. The number of nitrogens with zero attached hydrogens (tertiary/aromatic N) is 1. The molecule has 0 bridgehead atoms. The minimum atomic E-state index is 0.746. The van der Waals surface area contributed by atoms with Crippen LogP contribution in [0.1, 0.15) is 5.69 Å². The first-order chi connectivity index (χ1) is 8.79. The topological polar surface area (TPSA) is 50.9 Å². The van der Waals surface area contributed by atoms with Crippen molar-refractivity contribution in [2.75, 3.05) is 5.43 Å². The quantitative estimate of drug-likeness (QED) is 0.544. The number of rotatable bonds is 2. The normalized spacial score (nSPS) is 10.8. The van der Waals surface area contributed by atoms with E-state index in [4.69, 9.17) is 5.84 Å². The summed E-state index contributed by atoms with van der Waals surface area (Å²) in [4.78, 5) is 5.56. The van der Waals surface area contributed by atoms with Gasteiger partial charge < -0.3 is 0 Å². The third kappa shape index (κ3) is 1.75. The zero-order valence-corrected chi connectivity index (χ0v) is 10.8. The minimum Gasteiger partial charge on any atom is -0.300 e. The number of nitrogen functional groups attached to an aromatic ring is 1. The van der Waals surface area contributed by atoms with E-state index >= 15 is 0 Å². The van der Waals surface area contributed by atoms with Crippen molar-refractivity contribution in [2.24, 2.45) is 5.84 Å². The van der Waals surface area contributed by atoms with Crippen LogP contribution in [0, 0.1) is 6.92 Å². The molecule has 0 unspecified atom stereocenters. The molecule has 0 fully saturated rings. The average molecular weight is 255 g/mol. The van der Waals surface area contributed by atoms with Gasteiger partial charge in [-0.1, -0.05) is 53.8 Å². The van der Waals surface area contributed by atoms with Gasteiger partial charge in [-0.15, -0.1) is 0 Å². The maximum absolute atomic E-state index is 5.42. The van der Waals surface area contributed by atoms with E-state index in [1.807, 2.05) is 6.92 Å². The van der Waals surface area contributed by atoms with Crippen molar-refractivity contribution in [1.29, 1.82) is 0 Å². The van der Waals surface area contributed by atoms with Crippen LogP contribution in [0.15, 0.2) is 42.5 Å². The summed E-state index contributed by atoms with van der Waals surface area (Å²) >= 11 is 1.58. The summed E-state index contributed by atoms with van der Waals surface area (Å²) in [6.07, 6.45) is 0. The van der Waals surface area contributed by atoms with Crippen molar-refractivity contribution in [3.05, 3.63) is 48.2 Å². The molecule has 3 aromatic rings. The fourth-order valence-electron chi connectivity index (χ4n) is 2.13. The molecule has 0 saturated carbocycles. The van der Waals surface area contributed by atoms with Gasteiger partial charge in [-0.2, -0.15) is 0 Å². The van der Waals surface area contributed by atoms with Crippen LogP contribution >= 0.6 is 11.3 Å². The Morgan fingerprint density at radius 3 is 2.67 bits per heavy atom. The number of aromatic nitrogens is 1. The molecule has 3 N–H and O–H groups in total. The Labute approximate surface area is 109 Å². The summed E-state index contributed by atoms with van der Waals surface area (Å²) in [5, 5.41) is 3.23. The first-order valence-corrected chi connectivity index (χ1v) is 6.53. The Hall–Kier alpha value is -1.91. The smallest absolute Gasteiger partial charge is 0.197 e. The number of anilines is 1. The molecule has 0 radical (unpaired) electrons. The molecule has 0 atom stereocenters. The number of hydrogen-bond donors (Lipinski definition) is 2. The first kappa shape index (κ1) is 11.2. The van der Waals surface area contributed by atoms with Crippen molar-refractivity contribution in [3.8, 4) is 10.4 Å². The lowest BCUT2D eigenvalue weighted by Crippen LogP contribution is -2.05. The molecule has 3 nitrogen and oxygen atoms in total. The Balaban J connectivity index is 2.27. The van der Waals surface area contributed by atoms with Crippen LogP contribution in [-0.2, 0) is 0 Å². The summed E-state index contributed by atoms with van der Waals surface area (Å²) in [7, 11) is 0. The molecule has 0 aliphatic heterocycles. The van der Waals surface area contributed by atoms with Gasteiger partial charge >= 0.3 is 0 Å². The van der Waals surface area contributed by atoms with Crippen molar-refractivity contribution >= 4 is 27.2 Å². The highest BCUT2D eigenvalue weighted by Gasteiger charge is 2.11. The Kier molecular flexibility index (Phi) is 2.74. The third-order valence-corrected chi connectivity index (χ3v) is 4.08. The minimum absolute atomic E-state index is 0.746. The van der Waals surface area contributed by atoms with E-state index in [1.54, 1.807) is 11.3 Å². The highest BCUT2D eigenvalue weighted by Crippen LogP contribution is 2.36. The third-order valence-electron chi connectivity index (χ3n) is 2.95. The van der Waals surface area contributed by atoms with Crippen molar-refractivity contribution in [1.82, 2.24) is 4.98 Å². The highest BCUT2D eigenvalue weighted by molar-refractivity contribution is 7.19. The van der Waals surface area contributed by atoms with E-state index in [9.17, 15) is 0 Å². The number of fused-ring (bicyclic) bond motifs is 1. The zero-order valence-electron chi connectivity index (χ0n) is 9.97. The molecule has 90 valence electrons. The number of thiazole rings is 1. The van der Waals surface area contributed by atoms with Gasteiger partial charge in [0.25, 0.3) is 0 Å². The van der Waals surface area contributed by atoms with Crippen LogP contribution < -0.4 is 11.3 Å². The lowest BCUT2D eigenvalue weighted by molar-refractivity contribution is 1.22. The molecule has 1 aromatic heterocycles. The molecule has 0 aliphatic carbocycles. The maximum atomic E-state index is 5.42. The molecular weight excluding hydrogens is 242 g/mol. The van der Waals surface area contributed by atoms with Crippen LogP contribution in [0.3, 0.4) is 0 Å². The van der Waals surface area contributed by atoms with Crippen molar-refractivity contribution in [2.45, 2.75) is 6.92 Å². The van der Waals surface area contributed by atoms with Gasteiger partial charge in [0, 0.05) is 5.56 Å². The molecule has 0 aliphatic rings. The van der Waals surface area contributed by atoms with Crippen LogP contribution in [-0.4, -0.2) is 4.98 Å². The average Bonchev–Trinajstić information content (AvgIpc) is 2.79. The SMILES string of the molecule is Cc1nc(NN)sc1-c1cccc2ccccc12. The molecule has 3 rings (SSSR count). The molecule has 0 amide bonds. The van der Waals surface area contributed by atoms with Gasteiger partial charge in [0.1, 0.15) is 0 Å². The monoisotopic (exact) mass is 255 g/mol. The van der Waals surface area contributed by atoms with Crippen LogP contribution in [0.4, 0.5) is 5.13 Å². The van der Waals surface area contributed by atoms with E-state index in [0.29, 0.717) is 0 Å². The van der Waals surface area contributed by atoms with E-state index in [1.165, 1.54) is 21.2 Å². The standard InChI is InChI=1S/C14H13N3S/c1-9-13(18-14(16-9)17-15)12-8-4-6-10-5-2-3-7-11(10)12/h2-8H,15H2,1H3,(H,16,17). The van der Waals surface area contributed by atoms with Crippen molar-refractivity contribution in [3.63, 3.8) is 0 Å². The lowest BCUT2D eigenvalue weighted by atomic mass is 10.0. The maximum Gasteiger partial charge on any atom is 0.197 e. The number of aryl methyl sites for hydroxylation is 1. The number of nitrogens with two attached hydrogens (primary N) is 1. The first-order valence-electron chi connectivity index (χ1n) is 5.72. The van der Waals surface area contributed by atoms with Crippen LogP contribution in [0.25, 0.3) is 21.2 Å². The van der Waals surface area contributed by atoms with Crippen LogP contribution in [0.2, 0.25) is 0 Å². The highest BCUT2D eigenvalue weighted by atomic mass is 32.1. The summed E-state index contributed by atoms with van der Waals surface area (Å²) in [5.41, 5.74) is 4.83. The fraction of sp³-hybridized carbons (Fsp3) is 0.0714. The van der Waals surface area contributed by atoms with Crippen molar-refractivity contribution < 1.29 is 0 Å². The second-order valence-corrected chi connectivity index (χ2v) is 5.10. The molecule has 2 aromatic carbocycles. The summed E-state index contributed by atoms with van der Waals surface area (Å²) in [5.74, 6) is 5.42. The van der Waals surface area contributed by atoms with E-state index in [-0.39, 0.29) is 0 Å². The summed E-state index contributed by atoms with van der Waals surface area (Å²) in [6, 6.07) is 14.7. The lowest BCUT2D eigenvalue weighted by Gasteiger charge is -2.04. The number of benzene rings is 2. The van der Waals surface area contributed by atoms with Gasteiger partial charge in [0.2, 0.25) is 0 Å². The molecule has 0 spiro atoms. The summed E-state index contributed by atoms with van der Waals surface area (Å²) < 4.78 is 0. The Morgan fingerprint density at radius 1 is 1.11 bits per heavy atom. The van der Waals surface area contributed by atoms with Gasteiger partial charge in [-0.25, -0.2) is 10.8 Å². The van der Waals surface area contributed by atoms with Gasteiger partial charge in [0.05, 0.1) is 10.6 Å². The number of hydrogen-bond acceptors (Lipinski definition) is 4.